The molecule has 1 atom stereocenters. The lowest BCUT2D eigenvalue weighted by Gasteiger charge is -2.31. The zero-order chi connectivity index (χ0) is 10.4. The van der Waals surface area contributed by atoms with Gasteiger partial charge in [-0.1, -0.05) is 5.92 Å². The molecule has 0 radical (unpaired) electrons. The number of hydrogen-bond donors (Lipinski definition) is 1. The van der Waals surface area contributed by atoms with Crippen molar-refractivity contribution in [1.82, 2.24) is 4.90 Å². The molecule has 78 valence electrons. The van der Waals surface area contributed by atoms with Crippen molar-refractivity contribution >= 4 is 17.7 Å². The van der Waals surface area contributed by atoms with E-state index in [1.54, 1.807) is 11.8 Å². The summed E-state index contributed by atoms with van der Waals surface area (Å²) in [5, 5.41) is 0.496. The van der Waals surface area contributed by atoms with E-state index in [1.165, 1.54) is 0 Å². The number of nitrogens with zero attached hydrogens (tertiary/aromatic N) is 1. The molecule has 0 aromatic rings. The summed E-state index contributed by atoms with van der Waals surface area (Å²) in [5.41, 5.74) is 5.32. The first kappa shape index (κ1) is 11.4. The number of nitrogens with two attached hydrogens (primary N) is 1. The standard InChI is InChI=1S/C10H16N2OS/c1-2-6-14-9-4-3-5-12(8-9)10(13)7-11/h1,9H,3-8,11H2. The lowest BCUT2D eigenvalue weighted by atomic mass is 10.1. The van der Waals surface area contributed by atoms with Gasteiger partial charge < -0.3 is 10.6 Å². The minimum absolute atomic E-state index is 0.0519. The minimum atomic E-state index is 0.0519. The topological polar surface area (TPSA) is 46.3 Å². The first-order chi connectivity index (χ1) is 6.77. The van der Waals surface area contributed by atoms with Gasteiger partial charge in [-0.15, -0.1) is 18.2 Å². The van der Waals surface area contributed by atoms with Gasteiger partial charge in [0, 0.05) is 18.3 Å². The van der Waals surface area contributed by atoms with Gasteiger partial charge in [-0.2, -0.15) is 0 Å². The van der Waals surface area contributed by atoms with Crippen LogP contribution in [-0.4, -0.2) is 41.4 Å². The number of carbonyl (C=O) groups excluding carboxylic acids is 1. The molecule has 1 fully saturated rings. The van der Waals surface area contributed by atoms with E-state index in [4.69, 9.17) is 12.2 Å². The molecular weight excluding hydrogens is 196 g/mol. The molecule has 0 bridgehead atoms. The molecule has 1 aliphatic rings. The summed E-state index contributed by atoms with van der Waals surface area (Å²) in [5.74, 6) is 3.39. The van der Waals surface area contributed by atoms with Gasteiger partial charge >= 0.3 is 0 Å². The molecule has 1 rings (SSSR count). The van der Waals surface area contributed by atoms with Crippen LogP contribution in [0.5, 0.6) is 0 Å². The molecule has 0 spiro atoms. The van der Waals surface area contributed by atoms with Gasteiger partial charge in [0.2, 0.25) is 5.91 Å². The van der Waals surface area contributed by atoms with E-state index in [2.05, 4.69) is 5.92 Å². The maximum atomic E-state index is 11.3. The Hall–Kier alpha value is -0.660. The van der Waals surface area contributed by atoms with Gasteiger partial charge in [-0.05, 0) is 12.8 Å². The number of rotatable bonds is 3. The number of terminal acetylenes is 1. The molecule has 1 amide bonds. The van der Waals surface area contributed by atoms with Crippen molar-refractivity contribution in [3.8, 4) is 12.3 Å². The normalized spacial score (nSPS) is 21.7. The molecule has 2 N–H and O–H groups in total. The van der Waals surface area contributed by atoms with Crippen LogP contribution in [0, 0.1) is 12.3 Å². The monoisotopic (exact) mass is 212 g/mol. The number of hydrogen-bond acceptors (Lipinski definition) is 3. The fourth-order valence-corrected chi connectivity index (χ4v) is 2.55. The van der Waals surface area contributed by atoms with Crippen molar-refractivity contribution in [2.45, 2.75) is 18.1 Å². The van der Waals surface area contributed by atoms with Crippen LogP contribution in [0.15, 0.2) is 0 Å². The van der Waals surface area contributed by atoms with Gasteiger partial charge in [-0.3, -0.25) is 4.79 Å². The number of likely N-dealkylation sites (tertiary alicyclic amines) is 1. The Morgan fingerprint density at radius 2 is 2.50 bits per heavy atom. The van der Waals surface area contributed by atoms with Crippen molar-refractivity contribution in [3.05, 3.63) is 0 Å². The van der Waals surface area contributed by atoms with E-state index in [-0.39, 0.29) is 12.5 Å². The Bertz CT molecular complexity index is 237. The van der Waals surface area contributed by atoms with Crippen LogP contribution in [0.3, 0.4) is 0 Å². The molecule has 0 aliphatic carbocycles. The molecule has 1 heterocycles. The SMILES string of the molecule is C#CCSC1CCCN(C(=O)CN)C1. The van der Waals surface area contributed by atoms with Crippen LogP contribution in [-0.2, 0) is 4.79 Å². The van der Waals surface area contributed by atoms with Crippen molar-refractivity contribution in [3.63, 3.8) is 0 Å². The zero-order valence-electron chi connectivity index (χ0n) is 8.24. The predicted molar refractivity (Wildman–Crippen MR) is 59.9 cm³/mol. The first-order valence-corrected chi connectivity index (χ1v) is 5.85. The summed E-state index contributed by atoms with van der Waals surface area (Å²) in [6.07, 6.45) is 7.41. The smallest absolute Gasteiger partial charge is 0.236 e. The van der Waals surface area contributed by atoms with Crippen molar-refractivity contribution < 1.29 is 4.79 Å². The van der Waals surface area contributed by atoms with E-state index in [0.717, 1.165) is 31.7 Å². The number of carbonyl (C=O) groups is 1. The Kier molecular flexibility index (Phi) is 4.85. The van der Waals surface area contributed by atoms with Crippen LogP contribution in [0.1, 0.15) is 12.8 Å². The summed E-state index contributed by atoms with van der Waals surface area (Å²) in [6.45, 7) is 1.78. The molecule has 1 unspecified atom stereocenters. The van der Waals surface area contributed by atoms with Gasteiger partial charge in [0.15, 0.2) is 0 Å². The number of amides is 1. The lowest BCUT2D eigenvalue weighted by Crippen LogP contribution is -2.43. The summed E-state index contributed by atoms with van der Waals surface area (Å²) in [6, 6.07) is 0. The van der Waals surface area contributed by atoms with Gasteiger partial charge in [0.1, 0.15) is 0 Å². The highest BCUT2D eigenvalue weighted by molar-refractivity contribution is 8.00. The zero-order valence-corrected chi connectivity index (χ0v) is 9.05. The average molecular weight is 212 g/mol. The quantitative estimate of drug-likeness (QED) is 0.685. The molecule has 3 nitrogen and oxygen atoms in total. The molecule has 1 aliphatic heterocycles. The average Bonchev–Trinajstić information content (AvgIpc) is 2.25. The van der Waals surface area contributed by atoms with E-state index in [9.17, 15) is 4.79 Å². The highest BCUT2D eigenvalue weighted by atomic mass is 32.2. The Labute approximate surface area is 89.4 Å². The van der Waals surface area contributed by atoms with E-state index in [0.29, 0.717) is 5.25 Å². The fourth-order valence-electron chi connectivity index (χ4n) is 1.60. The molecule has 0 aromatic heterocycles. The molecule has 4 heteroatoms. The van der Waals surface area contributed by atoms with Crippen LogP contribution >= 0.6 is 11.8 Å². The second kappa shape index (κ2) is 5.94. The fraction of sp³-hybridized carbons (Fsp3) is 0.700. The maximum absolute atomic E-state index is 11.3. The summed E-state index contributed by atoms with van der Waals surface area (Å²) in [7, 11) is 0. The number of thioether (sulfide) groups is 1. The first-order valence-electron chi connectivity index (χ1n) is 4.81. The van der Waals surface area contributed by atoms with Crippen LogP contribution in [0.25, 0.3) is 0 Å². The molecular formula is C10H16N2OS. The Balaban J connectivity index is 2.36. The van der Waals surface area contributed by atoms with Gasteiger partial charge in [0.05, 0.1) is 12.3 Å². The van der Waals surface area contributed by atoms with E-state index in [1.807, 2.05) is 4.90 Å². The molecule has 0 saturated carbocycles. The van der Waals surface area contributed by atoms with Crippen molar-refractivity contribution in [2.75, 3.05) is 25.4 Å². The second-order valence-electron chi connectivity index (χ2n) is 3.32. The van der Waals surface area contributed by atoms with E-state index >= 15 is 0 Å². The van der Waals surface area contributed by atoms with Crippen LogP contribution in [0.2, 0.25) is 0 Å². The third-order valence-corrected chi connectivity index (χ3v) is 3.50. The highest BCUT2D eigenvalue weighted by Crippen LogP contribution is 2.21. The van der Waals surface area contributed by atoms with Crippen LogP contribution in [0.4, 0.5) is 0 Å². The second-order valence-corrected chi connectivity index (χ2v) is 4.61. The van der Waals surface area contributed by atoms with Gasteiger partial charge in [0.25, 0.3) is 0 Å². The van der Waals surface area contributed by atoms with E-state index < -0.39 is 0 Å². The largest absolute Gasteiger partial charge is 0.340 e. The summed E-state index contributed by atoms with van der Waals surface area (Å²) >= 11 is 1.76. The third kappa shape index (κ3) is 3.24. The molecule has 1 saturated heterocycles. The minimum Gasteiger partial charge on any atom is -0.340 e. The molecule has 14 heavy (non-hydrogen) atoms. The third-order valence-electron chi connectivity index (χ3n) is 2.31. The van der Waals surface area contributed by atoms with Crippen LogP contribution < -0.4 is 5.73 Å². The molecule has 0 aromatic carbocycles. The van der Waals surface area contributed by atoms with Crippen molar-refractivity contribution in [1.29, 1.82) is 0 Å². The number of piperidine rings is 1. The summed E-state index contributed by atoms with van der Waals surface area (Å²) < 4.78 is 0. The lowest BCUT2D eigenvalue weighted by molar-refractivity contribution is -0.130. The Morgan fingerprint density at radius 3 is 3.14 bits per heavy atom. The maximum Gasteiger partial charge on any atom is 0.236 e. The highest BCUT2D eigenvalue weighted by Gasteiger charge is 2.22. The summed E-state index contributed by atoms with van der Waals surface area (Å²) in [4.78, 5) is 13.2. The predicted octanol–water partition coefficient (Wildman–Crippen LogP) is 0.303. The van der Waals surface area contributed by atoms with Crippen molar-refractivity contribution in [2.24, 2.45) is 5.73 Å². The van der Waals surface area contributed by atoms with Gasteiger partial charge in [-0.25, -0.2) is 0 Å². The Morgan fingerprint density at radius 1 is 1.71 bits per heavy atom.